The Labute approximate surface area is 117 Å². The number of ether oxygens (including phenoxy) is 1. The molecule has 1 saturated heterocycles. The third-order valence-corrected chi connectivity index (χ3v) is 3.99. The monoisotopic (exact) mass is 277 g/mol. The number of aromatic amines is 1. The van der Waals surface area contributed by atoms with Crippen molar-refractivity contribution in [2.24, 2.45) is 0 Å². The molecule has 6 heteroatoms. The summed E-state index contributed by atoms with van der Waals surface area (Å²) in [5, 5.41) is 0. The number of nitrogens with one attached hydrogen (secondary N) is 1. The third-order valence-electron chi connectivity index (χ3n) is 3.99. The maximum atomic E-state index is 12.4. The molecule has 1 N–H and O–H groups in total. The standard InChI is InChI=1S/C14H19N3O3/c1-9-15-11-5-7-17(6-4-10(11)13(18)16-9)14(19)12-3-2-8-20-12/h12H,2-8H2,1H3,(H,15,16,18)/t12-/m1/s1. The lowest BCUT2D eigenvalue weighted by Gasteiger charge is -2.23. The Morgan fingerprint density at radius 3 is 2.95 bits per heavy atom. The number of aryl methyl sites for hydroxylation is 1. The molecule has 0 spiro atoms. The average Bonchev–Trinajstić information content (AvgIpc) is 2.85. The SMILES string of the molecule is Cc1nc2c(c(=O)[nH]1)CCN(C(=O)[C@H]1CCCO1)CC2. The molecule has 2 aliphatic heterocycles. The van der Waals surface area contributed by atoms with Crippen molar-refractivity contribution in [2.45, 2.75) is 38.7 Å². The minimum absolute atomic E-state index is 0.0588. The maximum absolute atomic E-state index is 12.4. The highest BCUT2D eigenvalue weighted by atomic mass is 16.5. The average molecular weight is 277 g/mol. The van der Waals surface area contributed by atoms with E-state index in [1.807, 2.05) is 4.90 Å². The molecular weight excluding hydrogens is 258 g/mol. The van der Waals surface area contributed by atoms with Crippen LogP contribution in [0.1, 0.15) is 29.9 Å². The van der Waals surface area contributed by atoms with Gasteiger partial charge in [-0.3, -0.25) is 9.59 Å². The number of carbonyl (C=O) groups is 1. The fraction of sp³-hybridized carbons (Fsp3) is 0.643. The van der Waals surface area contributed by atoms with Gasteiger partial charge < -0.3 is 14.6 Å². The molecule has 2 aliphatic rings. The van der Waals surface area contributed by atoms with Crippen LogP contribution in [0.3, 0.4) is 0 Å². The van der Waals surface area contributed by atoms with Gasteiger partial charge in [-0.25, -0.2) is 4.98 Å². The molecule has 1 atom stereocenters. The molecule has 0 bridgehead atoms. The smallest absolute Gasteiger partial charge is 0.254 e. The van der Waals surface area contributed by atoms with Crippen molar-refractivity contribution in [1.29, 1.82) is 0 Å². The van der Waals surface area contributed by atoms with Gasteiger partial charge in [-0.15, -0.1) is 0 Å². The number of H-pyrrole nitrogens is 1. The van der Waals surface area contributed by atoms with Gasteiger partial charge in [-0.1, -0.05) is 0 Å². The second-order valence-electron chi connectivity index (χ2n) is 5.40. The number of hydrogen-bond donors (Lipinski definition) is 1. The minimum Gasteiger partial charge on any atom is -0.368 e. The van der Waals surface area contributed by atoms with Crippen molar-refractivity contribution in [3.63, 3.8) is 0 Å². The number of amides is 1. The van der Waals surface area contributed by atoms with Crippen LogP contribution in [0.15, 0.2) is 4.79 Å². The number of aromatic nitrogens is 2. The Morgan fingerprint density at radius 1 is 1.40 bits per heavy atom. The summed E-state index contributed by atoms with van der Waals surface area (Å²) in [7, 11) is 0. The Balaban J connectivity index is 1.77. The van der Waals surface area contributed by atoms with E-state index in [4.69, 9.17) is 4.74 Å². The number of rotatable bonds is 1. The third kappa shape index (κ3) is 2.47. The molecule has 1 aromatic heterocycles. The summed E-state index contributed by atoms with van der Waals surface area (Å²) in [6.45, 7) is 3.63. The Kier molecular flexibility index (Phi) is 3.56. The zero-order valence-electron chi connectivity index (χ0n) is 11.6. The van der Waals surface area contributed by atoms with Crippen molar-refractivity contribution in [2.75, 3.05) is 19.7 Å². The summed E-state index contributed by atoms with van der Waals surface area (Å²) < 4.78 is 5.45. The van der Waals surface area contributed by atoms with Gasteiger partial charge in [0, 0.05) is 31.7 Å². The van der Waals surface area contributed by atoms with Gasteiger partial charge >= 0.3 is 0 Å². The Morgan fingerprint density at radius 2 is 2.20 bits per heavy atom. The second-order valence-corrected chi connectivity index (χ2v) is 5.40. The van der Waals surface area contributed by atoms with E-state index in [2.05, 4.69) is 9.97 Å². The highest BCUT2D eigenvalue weighted by Crippen LogP contribution is 2.17. The van der Waals surface area contributed by atoms with Crippen LogP contribution in [-0.4, -0.2) is 46.6 Å². The molecule has 1 fully saturated rings. The first-order valence-electron chi connectivity index (χ1n) is 7.14. The highest BCUT2D eigenvalue weighted by molar-refractivity contribution is 5.81. The molecule has 1 aromatic rings. The molecular formula is C14H19N3O3. The van der Waals surface area contributed by atoms with Gasteiger partial charge in [0.25, 0.3) is 11.5 Å². The normalized spacial score (nSPS) is 22.4. The molecule has 3 heterocycles. The summed E-state index contributed by atoms with van der Waals surface area (Å²) in [4.78, 5) is 33.2. The topological polar surface area (TPSA) is 75.3 Å². The summed E-state index contributed by atoms with van der Waals surface area (Å²) >= 11 is 0. The number of hydrogen-bond acceptors (Lipinski definition) is 4. The number of carbonyl (C=O) groups excluding carboxylic acids is 1. The molecule has 0 aliphatic carbocycles. The van der Waals surface area contributed by atoms with Crippen LogP contribution in [0.5, 0.6) is 0 Å². The van der Waals surface area contributed by atoms with Gasteiger partial charge in [0.1, 0.15) is 11.9 Å². The molecule has 0 aromatic carbocycles. The summed E-state index contributed by atoms with van der Waals surface area (Å²) in [5.41, 5.74) is 1.48. The quantitative estimate of drug-likeness (QED) is 0.795. The predicted octanol–water partition coefficient (Wildman–Crippen LogP) is 0.185. The van der Waals surface area contributed by atoms with Crippen molar-refractivity contribution >= 4 is 5.91 Å². The van der Waals surface area contributed by atoms with Gasteiger partial charge in [0.15, 0.2) is 0 Å². The molecule has 0 radical (unpaired) electrons. The Bertz CT molecular complexity index is 576. The number of fused-ring (bicyclic) bond motifs is 1. The van der Waals surface area contributed by atoms with E-state index in [1.54, 1.807) is 6.92 Å². The zero-order valence-corrected chi connectivity index (χ0v) is 11.6. The van der Waals surface area contributed by atoms with E-state index >= 15 is 0 Å². The summed E-state index contributed by atoms with van der Waals surface area (Å²) in [6, 6.07) is 0. The first-order valence-corrected chi connectivity index (χ1v) is 7.14. The van der Waals surface area contributed by atoms with E-state index in [9.17, 15) is 9.59 Å². The van der Waals surface area contributed by atoms with Crippen LogP contribution in [0, 0.1) is 6.92 Å². The predicted molar refractivity (Wildman–Crippen MR) is 72.6 cm³/mol. The zero-order chi connectivity index (χ0) is 14.1. The van der Waals surface area contributed by atoms with E-state index in [1.165, 1.54) is 0 Å². The van der Waals surface area contributed by atoms with Crippen LogP contribution < -0.4 is 5.56 Å². The van der Waals surface area contributed by atoms with Gasteiger partial charge in [0.05, 0.1) is 5.69 Å². The van der Waals surface area contributed by atoms with Crippen LogP contribution in [0.2, 0.25) is 0 Å². The maximum Gasteiger partial charge on any atom is 0.254 e. The molecule has 6 nitrogen and oxygen atoms in total. The molecule has 20 heavy (non-hydrogen) atoms. The van der Waals surface area contributed by atoms with Crippen molar-refractivity contribution in [3.05, 3.63) is 27.4 Å². The lowest BCUT2D eigenvalue weighted by Crippen LogP contribution is -2.40. The van der Waals surface area contributed by atoms with Crippen LogP contribution in [0.4, 0.5) is 0 Å². The fourth-order valence-corrected chi connectivity index (χ4v) is 2.93. The van der Waals surface area contributed by atoms with Crippen LogP contribution in [-0.2, 0) is 22.4 Å². The lowest BCUT2D eigenvalue weighted by molar-refractivity contribution is -0.140. The summed E-state index contributed by atoms with van der Waals surface area (Å²) in [6.07, 6.45) is 2.67. The molecule has 0 saturated carbocycles. The van der Waals surface area contributed by atoms with Crippen molar-refractivity contribution in [3.8, 4) is 0 Å². The number of nitrogens with zero attached hydrogens (tertiary/aromatic N) is 2. The fourth-order valence-electron chi connectivity index (χ4n) is 2.93. The largest absolute Gasteiger partial charge is 0.368 e. The van der Waals surface area contributed by atoms with Gasteiger partial charge in [-0.2, -0.15) is 0 Å². The Hall–Kier alpha value is -1.69. The van der Waals surface area contributed by atoms with Crippen molar-refractivity contribution in [1.82, 2.24) is 14.9 Å². The van der Waals surface area contributed by atoms with E-state index in [0.29, 0.717) is 38.4 Å². The molecule has 108 valence electrons. The molecule has 0 unspecified atom stereocenters. The van der Waals surface area contributed by atoms with Gasteiger partial charge in [-0.05, 0) is 26.2 Å². The van der Waals surface area contributed by atoms with E-state index in [-0.39, 0.29) is 17.6 Å². The second kappa shape index (κ2) is 5.36. The molecule has 1 amide bonds. The summed E-state index contributed by atoms with van der Waals surface area (Å²) in [5.74, 6) is 0.691. The first kappa shape index (κ1) is 13.3. The lowest BCUT2D eigenvalue weighted by atomic mass is 10.1. The minimum atomic E-state index is -0.288. The molecule has 3 rings (SSSR count). The highest BCUT2D eigenvalue weighted by Gasteiger charge is 2.29. The first-order chi connectivity index (χ1) is 9.65. The van der Waals surface area contributed by atoms with E-state index in [0.717, 1.165) is 24.1 Å². The van der Waals surface area contributed by atoms with E-state index < -0.39 is 0 Å². The van der Waals surface area contributed by atoms with Crippen LogP contribution >= 0.6 is 0 Å². The van der Waals surface area contributed by atoms with Crippen molar-refractivity contribution < 1.29 is 9.53 Å². The van der Waals surface area contributed by atoms with Gasteiger partial charge in [0.2, 0.25) is 0 Å². The van der Waals surface area contributed by atoms with Crippen LogP contribution in [0.25, 0.3) is 0 Å².